The lowest BCUT2D eigenvalue weighted by atomic mass is 10.1. The van der Waals surface area contributed by atoms with Crippen molar-refractivity contribution in [1.29, 1.82) is 0 Å². The molecule has 2 aromatic rings. The van der Waals surface area contributed by atoms with Crippen LogP contribution in [0.1, 0.15) is 31.5 Å². The Kier molecular flexibility index (Phi) is 4.19. The summed E-state index contributed by atoms with van der Waals surface area (Å²) >= 11 is 5.18. The molecular weight excluding hydrogens is 312 g/mol. The van der Waals surface area contributed by atoms with Crippen LogP contribution in [-0.4, -0.2) is 20.3 Å². The molecule has 0 aliphatic carbocycles. The fourth-order valence-corrected chi connectivity index (χ4v) is 2.91. The molecule has 0 fully saturated rings. The molecule has 0 atom stereocenters. The highest BCUT2D eigenvalue weighted by molar-refractivity contribution is 9.11. The topological polar surface area (TPSA) is 42.7 Å². The van der Waals surface area contributed by atoms with Crippen LogP contribution in [0.25, 0.3) is 0 Å². The number of rotatable bonds is 4. The Morgan fingerprint density at radius 3 is 2.78 bits per heavy atom. The molecule has 0 unspecified atom stereocenters. The number of thiophene rings is 1. The molecule has 2 aromatic heterocycles. The predicted octanol–water partition coefficient (Wildman–Crippen LogP) is 3.04. The monoisotopic (exact) mass is 328 g/mol. The number of hydrogen-bond donors (Lipinski definition) is 1. The van der Waals surface area contributed by atoms with E-state index in [4.69, 9.17) is 0 Å². The zero-order valence-corrected chi connectivity index (χ0v) is 13.2. The van der Waals surface area contributed by atoms with E-state index in [-0.39, 0.29) is 5.54 Å². The summed E-state index contributed by atoms with van der Waals surface area (Å²) in [6, 6.07) is 4.16. The second-order valence-corrected chi connectivity index (χ2v) is 7.72. The molecule has 0 amide bonds. The number of aromatic nitrogens is 3. The number of nitrogens with zero attached hydrogens (tertiary/aromatic N) is 3. The van der Waals surface area contributed by atoms with Crippen LogP contribution in [0.15, 0.2) is 22.2 Å². The van der Waals surface area contributed by atoms with E-state index in [1.807, 2.05) is 4.68 Å². The Morgan fingerprint density at radius 1 is 1.39 bits per heavy atom. The minimum absolute atomic E-state index is 0.0874. The molecule has 0 saturated heterocycles. The van der Waals surface area contributed by atoms with Crippen molar-refractivity contribution in [3.05, 3.63) is 32.9 Å². The number of halogens is 1. The van der Waals surface area contributed by atoms with Crippen LogP contribution >= 0.6 is 27.3 Å². The molecule has 0 radical (unpaired) electrons. The van der Waals surface area contributed by atoms with Gasteiger partial charge in [-0.25, -0.2) is 9.67 Å². The van der Waals surface area contributed by atoms with Gasteiger partial charge in [0.05, 0.1) is 16.9 Å². The highest BCUT2D eigenvalue weighted by atomic mass is 79.9. The van der Waals surface area contributed by atoms with Gasteiger partial charge in [-0.05, 0) is 48.8 Å². The summed E-state index contributed by atoms with van der Waals surface area (Å²) in [5.74, 6) is 0.834. The minimum Gasteiger partial charge on any atom is -0.305 e. The van der Waals surface area contributed by atoms with E-state index in [1.165, 1.54) is 4.88 Å². The summed E-state index contributed by atoms with van der Waals surface area (Å²) in [5.41, 5.74) is 0.0874. The van der Waals surface area contributed by atoms with E-state index in [1.54, 1.807) is 17.7 Å². The third kappa shape index (κ3) is 4.19. The molecule has 0 saturated carbocycles. The molecule has 1 N–H and O–H groups in total. The third-order valence-electron chi connectivity index (χ3n) is 2.31. The Bertz CT molecular complexity index is 512. The molecule has 0 aromatic carbocycles. The van der Waals surface area contributed by atoms with Crippen LogP contribution < -0.4 is 5.32 Å². The first kappa shape index (κ1) is 13.7. The second kappa shape index (κ2) is 5.50. The molecule has 0 spiro atoms. The summed E-state index contributed by atoms with van der Waals surface area (Å²) in [6.45, 7) is 7.87. The van der Waals surface area contributed by atoms with Crippen molar-refractivity contribution in [1.82, 2.24) is 20.1 Å². The zero-order valence-electron chi connectivity index (χ0n) is 10.8. The largest absolute Gasteiger partial charge is 0.305 e. The predicted molar refractivity (Wildman–Crippen MR) is 77.7 cm³/mol. The van der Waals surface area contributed by atoms with Gasteiger partial charge in [-0.1, -0.05) is 0 Å². The number of nitrogens with one attached hydrogen (secondary N) is 1. The zero-order chi connectivity index (χ0) is 13.2. The highest BCUT2D eigenvalue weighted by Gasteiger charge is 2.10. The van der Waals surface area contributed by atoms with Crippen LogP contribution in [0.4, 0.5) is 0 Å². The molecule has 18 heavy (non-hydrogen) atoms. The van der Waals surface area contributed by atoms with E-state index in [0.717, 1.165) is 16.2 Å². The van der Waals surface area contributed by atoms with Gasteiger partial charge in [0.1, 0.15) is 6.33 Å². The molecule has 98 valence electrons. The quantitative estimate of drug-likeness (QED) is 0.938. The first-order valence-electron chi connectivity index (χ1n) is 5.80. The summed E-state index contributed by atoms with van der Waals surface area (Å²) in [7, 11) is 0. The van der Waals surface area contributed by atoms with E-state index < -0.39 is 0 Å². The van der Waals surface area contributed by atoms with Crippen molar-refractivity contribution >= 4 is 27.3 Å². The van der Waals surface area contributed by atoms with Gasteiger partial charge in [0, 0.05) is 10.4 Å². The fourth-order valence-electron chi connectivity index (χ4n) is 1.43. The smallest absolute Gasteiger partial charge is 0.164 e. The molecule has 4 nitrogen and oxygen atoms in total. The minimum atomic E-state index is 0.0874. The molecule has 2 heterocycles. The summed E-state index contributed by atoms with van der Waals surface area (Å²) in [5, 5.41) is 7.83. The molecule has 0 aliphatic heterocycles. The summed E-state index contributed by atoms with van der Waals surface area (Å²) in [4.78, 5) is 5.57. The van der Waals surface area contributed by atoms with Gasteiger partial charge < -0.3 is 5.32 Å². The van der Waals surface area contributed by atoms with Crippen LogP contribution in [0.2, 0.25) is 0 Å². The van der Waals surface area contributed by atoms with Crippen molar-refractivity contribution in [2.24, 2.45) is 0 Å². The Morgan fingerprint density at radius 2 is 2.17 bits per heavy atom. The SMILES string of the molecule is CC(C)(C)NCc1ncn(Cc2ccc(Br)s2)n1. The second-order valence-electron chi connectivity index (χ2n) is 5.17. The Hall–Kier alpha value is -0.720. The van der Waals surface area contributed by atoms with Crippen molar-refractivity contribution in [3.63, 3.8) is 0 Å². The lowest BCUT2D eigenvalue weighted by molar-refractivity contribution is 0.417. The molecular formula is C12H17BrN4S. The van der Waals surface area contributed by atoms with E-state index >= 15 is 0 Å². The molecule has 6 heteroatoms. The van der Waals surface area contributed by atoms with Gasteiger partial charge in [-0.2, -0.15) is 5.10 Å². The normalized spacial score (nSPS) is 12.0. The molecule has 0 bridgehead atoms. The van der Waals surface area contributed by atoms with Gasteiger partial charge >= 0.3 is 0 Å². The maximum absolute atomic E-state index is 4.45. The fraction of sp³-hybridized carbons (Fsp3) is 0.500. The van der Waals surface area contributed by atoms with Crippen molar-refractivity contribution in [3.8, 4) is 0 Å². The van der Waals surface area contributed by atoms with E-state index in [2.05, 4.69) is 64.2 Å². The van der Waals surface area contributed by atoms with Crippen molar-refractivity contribution < 1.29 is 0 Å². The van der Waals surface area contributed by atoms with Crippen molar-refractivity contribution in [2.75, 3.05) is 0 Å². The molecule has 2 rings (SSSR count). The Balaban J connectivity index is 1.94. The maximum atomic E-state index is 4.45. The molecule has 0 aliphatic rings. The van der Waals surface area contributed by atoms with Gasteiger partial charge in [0.15, 0.2) is 5.82 Å². The van der Waals surface area contributed by atoms with Crippen LogP contribution in [-0.2, 0) is 13.1 Å². The standard InChI is InChI=1S/C12H17BrN4S/c1-12(2,3)15-6-11-14-8-17(16-11)7-9-4-5-10(13)18-9/h4-5,8,15H,6-7H2,1-3H3. The lowest BCUT2D eigenvalue weighted by Crippen LogP contribution is -2.35. The third-order valence-corrected chi connectivity index (χ3v) is 3.92. The van der Waals surface area contributed by atoms with Crippen LogP contribution in [0, 0.1) is 0 Å². The van der Waals surface area contributed by atoms with Gasteiger partial charge in [-0.15, -0.1) is 11.3 Å². The number of hydrogen-bond acceptors (Lipinski definition) is 4. The van der Waals surface area contributed by atoms with Crippen LogP contribution in [0.3, 0.4) is 0 Å². The van der Waals surface area contributed by atoms with Gasteiger partial charge in [0.25, 0.3) is 0 Å². The highest BCUT2D eigenvalue weighted by Crippen LogP contribution is 2.22. The lowest BCUT2D eigenvalue weighted by Gasteiger charge is -2.19. The maximum Gasteiger partial charge on any atom is 0.164 e. The summed E-state index contributed by atoms with van der Waals surface area (Å²) in [6.07, 6.45) is 1.79. The van der Waals surface area contributed by atoms with Crippen LogP contribution in [0.5, 0.6) is 0 Å². The average Bonchev–Trinajstić information content (AvgIpc) is 2.85. The summed E-state index contributed by atoms with van der Waals surface area (Å²) < 4.78 is 3.02. The van der Waals surface area contributed by atoms with Gasteiger partial charge in [-0.3, -0.25) is 0 Å². The van der Waals surface area contributed by atoms with Gasteiger partial charge in [0.2, 0.25) is 0 Å². The first-order valence-corrected chi connectivity index (χ1v) is 7.41. The van der Waals surface area contributed by atoms with Crippen molar-refractivity contribution in [2.45, 2.75) is 39.4 Å². The van der Waals surface area contributed by atoms with E-state index in [9.17, 15) is 0 Å². The van der Waals surface area contributed by atoms with E-state index in [0.29, 0.717) is 6.54 Å². The first-order chi connectivity index (χ1) is 8.42. The Labute approximate surface area is 120 Å². The average molecular weight is 329 g/mol.